The first-order chi connectivity index (χ1) is 11.1. The van der Waals surface area contributed by atoms with Crippen molar-refractivity contribution in [3.8, 4) is 0 Å². The molecule has 2 heterocycles. The summed E-state index contributed by atoms with van der Waals surface area (Å²) in [5.41, 5.74) is 1.95. The number of halogens is 2. The summed E-state index contributed by atoms with van der Waals surface area (Å²) >= 11 is 0. The molecule has 3 rings (SSSR count). The van der Waals surface area contributed by atoms with Crippen molar-refractivity contribution in [1.82, 2.24) is 10.2 Å². The van der Waals surface area contributed by atoms with Gasteiger partial charge in [0.2, 0.25) is 0 Å². The third-order valence-electron chi connectivity index (χ3n) is 4.05. The Bertz CT molecular complexity index is 665. The molecule has 0 saturated heterocycles. The Morgan fingerprint density at radius 1 is 1.35 bits per heavy atom. The maximum atomic E-state index is 13.7. The van der Waals surface area contributed by atoms with Crippen LogP contribution in [0.3, 0.4) is 0 Å². The summed E-state index contributed by atoms with van der Waals surface area (Å²) in [6.07, 6.45) is 3.78. The van der Waals surface area contributed by atoms with Crippen molar-refractivity contribution in [3.63, 3.8) is 0 Å². The number of nitrogens with zero attached hydrogens (tertiary/aromatic N) is 1. The molecule has 4 nitrogen and oxygen atoms in total. The van der Waals surface area contributed by atoms with E-state index in [0.29, 0.717) is 6.54 Å². The highest BCUT2D eigenvalue weighted by Crippen LogP contribution is 2.26. The summed E-state index contributed by atoms with van der Waals surface area (Å²) in [4.78, 5) is 13.7. The largest absolute Gasteiger partial charge is 0.441 e. The van der Waals surface area contributed by atoms with Gasteiger partial charge in [-0.2, -0.15) is 0 Å². The average Bonchev–Trinajstić information content (AvgIpc) is 2.54. The van der Waals surface area contributed by atoms with Gasteiger partial charge in [0.05, 0.1) is 12.1 Å². The first kappa shape index (κ1) is 15.5. The SMILES string of the molecule is CC(OC(=O)N1C=CC2=C(CCCN2)C1)c1c(F)cccc1F. The van der Waals surface area contributed by atoms with Gasteiger partial charge in [-0.25, -0.2) is 13.6 Å². The minimum Gasteiger partial charge on any atom is -0.441 e. The number of carbonyl (C=O) groups is 1. The third-order valence-corrected chi connectivity index (χ3v) is 4.05. The van der Waals surface area contributed by atoms with E-state index in [1.54, 1.807) is 6.20 Å². The molecule has 122 valence electrons. The minimum atomic E-state index is -1.00. The molecule has 0 saturated carbocycles. The summed E-state index contributed by atoms with van der Waals surface area (Å²) < 4.78 is 32.7. The second kappa shape index (κ2) is 6.40. The van der Waals surface area contributed by atoms with Crippen LogP contribution in [0.1, 0.15) is 31.4 Å². The van der Waals surface area contributed by atoms with Crippen LogP contribution in [0.5, 0.6) is 0 Å². The van der Waals surface area contributed by atoms with Crippen molar-refractivity contribution in [2.24, 2.45) is 0 Å². The van der Waals surface area contributed by atoms with E-state index in [4.69, 9.17) is 4.74 Å². The molecule has 1 unspecified atom stereocenters. The van der Waals surface area contributed by atoms with Gasteiger partial charge in [0.15, 0.2) is 0 Å². The van der Waals surface area contributed by atoms with Gasteiger partial charge >= 0.3 is 6.09 Å². The molecule has 6 heteroatoms. The van der Waals surface area contributed by atoms with E-state index < -0.39 is 23.8 Å². The Morgan fingerprint density at radius 3 is 2.83 bits per heavy atom. The zero-order chi connectivity index (χ0) is 16.4. The fourth-order valence-corrected chi connectivity index (χ4v) is 2.85. The van der Waals surface area contributed by atoms with Crippen LogP contribution >= 0.6 is 0 Å². The zero-order valence-corrected chi connectivity index (χ0v) is 12.8. The fourth-order valence-electron chi connectivity index (χ4n) is 2.85. The topological polar surface area (TPSA) is 41.6 Å². The Hall–Kier alpha value is -2.37. The van der Waals surface area contributed by atoms with Crippen LogP contribution in [0.2, 0.25) is 0 Å². The van der Waals surface area contributed by atoms with Gasteiger partial charge in [-0.15, -0.1) is 0 Å². The fraction of sp³-hybridized carbons (Fsp3) is 0.353. The molecule has 2 aliphatic heterocycles. The normalized spacial score (nSPS) is 18.3. The van der Waals surface area contributed by atoms with E-state index >= 15 is 0 Å². The van der Waals surface area contributed by atoms with Crippen molar-refractivity contribution < 1.29 is 18.3 Å². The molecule has 0 aromatic heterocycles. The third kappa shape index (κ3) is 3.21. The van der Waals surface area contributed by atoms with Crippen molar-refractivity contribution in [2.75, 3.05) is 13.1 Å². The Labute approximate surface area is 133 Å². The van der Waals surface area contributed by atoms with Crippen LogP contribution in [0.15, 0.2) is 41.7 Å². The van der Waals surface area contributed by atoms with Gasteiger partial charge in [0.1, 0.15) is 17.7 Å². The minimum absolute atomic E-state index is 0.235. The number of hydrogen-bond acceptors (Lipinski definition) is 3. The average molecular weight is 320 g/mol. The van der Waals surface area contributed by atoms with Crippen LogP contribution in [0.4, 0.5) is 13.6 Å². The predicted molar refractivity (Wildman–Crippen MR) is 81.4 cm³/mol. The molecule has 1 atom stereocenters. The van der Waals surface area contributed by atoms with Crippen LogP contribution < -0.4 is 5.32 Å². The van der Waals surface area contributed by atoms with Gasteiger partial charge in [-0.05, 0) is 43.5 Å². The van der Waals surface area contributed by atoms with Crippen molar-refractivity contribution >= 4 is 6.09 Å². The van der Waals surface area contributed by atoms with Gasteiger partial charge in [-0.1, -0.05) is 6.07 Å². The van der Waals surface area contributed by atoms with Crippen LogP contribution in [0.25, 0.3) is 0 Å². The second-order valence-electron chi connectivity index (χ2n) is 5.65. The van der Waals surface area contributed by atoms with Gasteiger partial charge in [0, 0.05) is 18.4 Å². The van der Waals surface area contributed by atoms with Gasteiger partial charge < -0.3 is 10.1 Å². The van der Waals surface area contributed by atoms with Crippen LogP contribution in [-0.4, -0.2) is 24.1 Å². The molecule has 1 aromatic carbocycles. The standard InChI is InChI=1S/C17H18F2N2O2/c1-11(16-13(18)5-2-6-14(16)19)23-17(22)21-9-7-15-12(10-21)4-3-8-20-15/h2,5-7,9,11,20H,3-4,8,10H2,1H3. The molecule has 1 aromatic rings. The molecule has 0 fully saturated rings. The Kier molecular flexibility index (Phi) is 4.32. The highest BCUT2D eigenvalue weighted by molar-refractivity contribution is 5.70. The van der Waals surface area contributed by atoms with Gasteiger partial charge in [-0.3, -0.25) is 4.90 Å². The van der Waals surface area contributed by atoms with Crippen molar-refractivity contribution in [1.29, 1.82) is 0 Å². The number of carbonyl (C=O) groups excluding carboxylic acids is 1. The number of amides is 1. The number of rotatable bonds is 2. The first-order valence-corrected chi connectivity index (χ1v) is 7.61. The van der Waals surface area contributed by atoms with E-state index in [1.165, 1.54) is 17.9 Å². The van der Waals surface area contributed by atoms with E-state index in [-0.39, 0.29) is 5.56 Å². The second-order valence-corrected chi connectivity index (χ2v) is 5.65. The Morgan fingerprint density at radius 2 is 2.09 bits per heavy atom. The molecule has 1 N–H and O–H groups in total. The molecule has 0 aliphatic carbocycles. The predicted octanol–water partition coefficient (Wildman–Crippen LogP) is 3.63. The summed E-state index contributed by atoms with van der Waals surface area (Å²) in [6.45, 7) is 2.82. The Balaban J connectivity index is 1.68. The molecule has 1 amide bonds. The lowest BCUT2D eigenvalue weighted by molar-refractivity contribution is 0.0795. The highest BCUT2D eigenvalue weighted by Gasteiger charge is 2.25. The molecule has 2 aliphatic rings. The first-order valence-electron chi connectivity index (χ1n) is 7.61. The zero-order valence-electron chi connectivity index (χ0n) is 12.8. The van der Waals surface area contributed by atoms with Crippen LogP contribution in [-0.2, 0) is 4.74 Å². The van der Waals surface area contributed by atoms with Crippen molar-refractivity contribution in [2.45, 2.75) is 25.9 Å². The molecular weight excluding hydrogens is 302 g/mol. The lowest BCUT2D eigenvalue weighted by Gasteiger charge is -2.29. The number of nitrogens with one attached hydrogen (secondary N) is 1. The van der Waals surface area contributed by atoms with E-state index in [2.05, 4.69) is 5.32 Å². The number of hydrogen-bond donors (Lipinski definition) is 1. The molecule has 0 spiro atoms. The number of benzene rings is 1. The number of allylic oxidation sites excluding steroid dienone is 1. The molecule has 0 radical (unpaired) electrons. The monoisotopic (exact) mass is 320 g/mol. The summed E-state index contributed by atoms with van der Waals surface area (Å²) in [5, 5.41) is 3.28. The van der Waals surface area contributed by atoms with Crippen molar-refractivity contribution in [3.05, 3.63) is 58.9 Å². The van der Waals surface area contributed by atoms with Crippen LogP contribution in [0, 0.1) is 11.6 Å². The smallest absolute Gasteiger partial charge is 0.414 e. The summed E-state index contributed by atoms with van der Waals surface area (Å²) in [6, 6.07) is 3.57. The van der Waals surface area contributed by atoms with E-state index in [9.17, 15) is 13.6 Å². The highest BCUT2D eigenvalue weighted by atomic mass is 19.1. The molecule has 23 heavy (non-hydrogen) atoms. The number of ether oxygens (including phenoxy) is 1. The van der Waals surface area contributed by atoms with E-state index in [1.807, 2.05) is 6.08 Å². The summed E-state index contributed by atoms with van der Waals surface area (Å²) in [7, 11) is 0. The lowest BCUT2D eigenvalue weighted by Crippen LogP contribution is -2.35. The quantitative estimate of drug-likeness (QED) is 0.905. The maximum absolute atomic E-state index is 13.7. The molecular formula is C17H18F2N2O2. The maximum Gasteiger partial charge on any atom is 0.414 e. The van der Waals surface area contributed by atoms with E-state index in [0.717, 1.165) is 42.8 Å². The molecule has 0 bridgehead atoms. The van der Waals surface area contributed by atoms with Gasteiger partial charge in [0.25, 0.3) is 0 Å². The summed E-state index contributed by atoms with van der Waals surface area (Å²) in [5.74, 6) is -1.44. The lowest BCUT2D eigenvalue weighted by atomic mass is 10.0.